The van der Waals surface area contributed by atoms with E-state index in [9.17, 15) is 24.3 Å². The summed E-state index contributed by atoms with van der Waals surface area (Å²) in [7, 11) is -4.02. The fourth-order valence-corrected chi connectivity index (χ4v) is 3.88. The molecule has 0 aromatic heterocycles. The lowest BCUT2D eigenvalue weighted by Crippen LogP contribution is -2.43. The standard InChI is InChI=1S/C19H30N3O9P/c1-12(2)30-18(23)14(5)20-32(27,21-15(6)19(24)31-13(3)4)29-11-28-17-9-7-16(8-10-17)22(25)26/h7-10,12-15H,11H2,1-6H3,(H2,20,21,27)/t14-,15-/m0/s1. The van der Waals surface area contributed by atoms with Crippen LogP contribution in [0.5, 0.6) is 5.75 Å². The minimum atomic E-state index is -4.02. The number of hydrogen-bond acceptors (Lipinski definition) is 9. The molecule has 0 bridgehead atoms. The van der Waals surface area contributed by atoms with Crippen LogP contribution in [0.1, 0.15) is 41.5 Å². The zero-order valence-electron chi connectivity index (χ0n) is 18.9. The van der Waals surface area contributed by atoms with Crippen molar-refractivity contribution < 1.29 is 37.8 Å². The van der Waals surface area contributed by atoms with Gasteiger partial charge in [-0.1, -0.05) is 0 Å². The maximum Gasteiger partial charge on any atom is 0.345 e. The predicted molar refractivity (Wildman–Crippen MR) is 115 cm³/mol. The van der Waals surface area contributed by atoms with E-state index in [1.165, 1.54) is 38.1 Å². The first-order chi connectivity index (χ1) is 14.8. The van der Waals surface area contributed by atoms with Gasteiger partial charge in [-0.05, 0) is 53.7 Å². The van der Waals surface area contributed by atoms with E-state index in [1.54, 1.807) is 27.7 Å². The van der Waals surface area contributed by atoms with Gasteiger partial charge < -0.3 is 14.2 Å². The number of nitro benzene ring substituents is 1. The molecule has 180 valence electrons. The predicted octanol–water partition coefficient (Wildman–Crippen LogP) is 2.92. The Hall–Kier alpha value is -2.53. The molecule has 0 saturated heterocycles. The molecule has 0 saturated carbocycles. The molecule has 32 heavy (non-hydrogen) atoms. The maximum absolute atomic E-state index is 13.3. The third-order valence-electron chi connectivity index (χ3n) is 3.65. The van der Waals surface area contributed by atoms with Crippen LogP contribution in [0, 0.1) is 10.1 Å². The summed E-state index contributed by atoms with van der Waals surface area (Å²) in [4.78, 5) is 34.4. The summed E-state index contributed by atoms with van der Waals surface area (Å²) in [5.74, 6) is -1.11. The number of hydrogen-bond donors (Lipinski definition) is 2. The van der Waals surface area contributed by atoms with E-state index in [2.05, 4.69) is 10.2 Å². The number of nitrogens with one attached hydrogen (secondary N) is 2. The monoisotopic (exact) mass is 475 g/mol. The van der Waals surface area contributed by atoms with Crippen LogP contribution in [0.25, 0.3) is 0 Å². The Kier molecular flexibility index (Phi) is 10.7. The minimum absolute atomic E-state index is 0.123. The molecule has 2 atom stereocenters. The lowest BCUT2D eigenvalue weighted by molar-refractivity contribution is -0.384. The van der Waals surface area contributed by atoms with E-state index in [4.69, 9.17) is 18.7 Å². The van der Waals surface area contributed by atoms with Gasteiger partial charge in [-0.15, -0.1) is 0 Å². The molecule has 12 nitrogen and oxygen atoms in total. The smallest absolute Gasteiger partial charge is 0.345 e. The number of esters is 2. The van der Waals surface area contributed by atoms with Crippen molar-refractivity contribution in [3.05, 3.63) is 34.4 Å². The van der Waals surface area contributed by atoms with Crippen molar-refractivity contribution in [3.63, 3.8) is 0 Å². The average molecular weight is 475 g/mol. The van der Waals surface area contributed by atoms with E-state index in [1.807, 2.05) is 0 Å². The number of nitrogens with zero attached hydrogens (tertiary/aromatic N) is 1. The van der Waals surface area contributed by atoms with E-state index in [-0.39, 0.29) is 23.6 Å². The fourth-order valence-electron chi connectivity index (χ4n) is 2.23. The Morgan fingerprint density at radius 1 is 0.938 bits per heavy atom. The van der Waals surface area contributed by atoms with Gasteiger partial charge in [0.05, 0.1) is 17.1 Å². The van der Waals surface area contributed by atoms with Crippen molar-refractivity contribution in [2.45, 2.75) is 65.8 Å². The summed E-state index contributed by atoms with van der Waals surface area (Å²) in [5.41, 5.74) is -0.123. The molecule has 0 radical (unpaired) electrons. The first-order valence-electron chi connectivity index (χ1n) is 9.91. The Morgan fingerprint density at radius 3 is 1.75 bits per heavy atom. The molecule has 1 aromatic rings. The highest BCUT2D eigenvalue weighted by molar-refractivity contribution is 7.54. The van der Waals surface area contributed by atoms with E-state index in [0.717, 1.165) is 0 Å². The molecule has 0 amide bonds. The number of ether oxygens (including phenoxy) is 3. The second-order valence-electron chi connectivity index (χ2n) is 7.37. The van der Waals surface area contributed by atoms with Crippen molar-refractivity contribution in [1.82, 2.24) is 10.2 Å². The summed E-state index contributed by atoms with van der Waals surface area (Å²) in [6.07, 6.45) is -0.768. The van der Waals surface area contributed by atoms with Crippen LogP contribution >= 0.6 is 7.67 Å². The van der Waals surface area contributed by atoms with Gasteiger partial charge in [0.25, 0.3) is 5.69 Å². The molecule has 0 aliphatic rings. The summed E-state index contributed by atoms with van der Waals surface area (Å²) in [6.45, 7) is 8.98. The van der Waals surface area contributed by atoms with Gasteiger partial charge >= 0.3 is 19.6 Å². The number of rotatable bonds is 13. The molecular weight excluding hydrogens is 445 g/mol. The number of nitro groups is 1. The van der Waals surface area contributed by atoms with Gasteiger partial charge in [0.15, 0.2) is 6.79 Å². The van der Waals surface area contributed by atoms with E-state index >= 15 is 0 Å². The lowest BCUT2D eigenvalue weighted by Gasteiger charge is -2.26. The van der Waals surface area contributed by atoms with Crippen molar-refractivity contribution >= 4 is 25.3 Å². The molecular formula is C19H30N3O9P. The van der Waals surface area contributed by atoms with Crippen LogP contribution in [0.15, 0.2) is 24.3 Å². The van der Waals surface area contributed by atoms with Crippen molar-refractivity contribution in [3.8, 4) is 5.75 Å². The van der Waals surface area contributed by atoms with Crippen molar-refractivity contribution in [2.24, 2.45) is 0 Å². The third kappa shape index (κ3) is 9.73. The number of carbonyl (C=O) groups excluding carboxylic acids is 2. The summed E-state index contributed by atoms with van der Waals surface area (Å²) < 4.78 is 34.1. The highest BCUT2D eigenvalue weighted by atomic mass is 31.2. The van der Waals surface area contributed by atoms with Crippen LogP contribution in [-0.2, 0) is 28.2 Å². The van der Waals surface area contributed by atoms with Gasteiger partial charge in [-0.25, -0.2) is 10.2 Å². The quantitative estimate of drug-likeness (QED) is 0.142. The first-order valence-corrected chi connectivity index (χ1v) is 11.5. The number of carbonyl (C=O) groups is 2. The molecule has 1 aromatic carbocycles. The molecule has 0 unspecified atom stereocenters. The van der Waals surface area contributed by atoms with Crippen molar-refractivity contribution in [2.75, 3.05) is 6.79 Å². The third-order valence-corrected chi connectivity index (χ3v) is 5.57. The molecule has 1 rings (SSSR count). The van der Waals surface area contributed by atoms with Gasteiger partial charge in [0, 0.05) is 12.1 Å². The SMILES string of the molecule is CC(C)OC(=O)[C@H](C)NP(=O)(N[C@@H](C)C(=O)OC(C)C)OCOc1ccc([N+](=O)[O-])cc1. The molecule has 2 N–H and O–H groups in total. The highest BCUT2D eigenvalue weighted by Gasteiger charge is 2.33. The summed E-state index contributed by atoms with van der Waals surface area (Å²) in [6, 6.07) is 3.09. The second-order valence-corrected chi connectivity index (χ2v) is 9.24. The number of non-ortho nitro benzene ring substituents is 1. The minimum Gasteiger partial charge on any atom is -0.467 e. The van der Waals surface area contributed by atoms with Gasteiger partial charge in [0.1, 0.15) is 17.8 Å². The van der Waals surface area contributed by atoms with Crippen LogP contribution in [0.3, 0.4) is 0 Å². The molecule has 0 heterocycles. The second kappa shape index (κ2) is 12.5. The zero-order valence-corrected chi connectivity index (χ0v) is 19.8. The maximum atomic E-state index is 13.3. The normalized spacial score (nSPS) is 13.5. The van der Waals surface area contributed by atoms with E-state index in [0.29, 0.717) is 0 Å². The van der Waals surface area contributed by atoms with Crippen molar-refractivity contribution in [1.29, 1.82) is 0 Å². The van der Waals surface area contributed by atoms with Crippen LogP contribution in [0.2, 0.25) is 0 Å². The first kappa shape index (κ1) is 27.5. The van der Waals surface area contributed by atoms with E-state index < -0.39 is 43.4 Å². The molecule has 0 aliphatic carbocycles. The molecule has 0 fully saturated rings. The molecule has 13 heteroatoms. The largest absolute Gasteiger partial charge is 0.467 e. The molecule has 0 spiro atoms. The summed E-state index contributed by atoms with van der Waals surface area (Å²) in [5, 5.41) is 15.8. The Morgan fingerprint density at radius 2 is 1.38 bits per heavy atom. The average Bonchev–Trinajstić information content (AvgIpc) is 2.67. The lowest BCUT2D eigenvalue weighted by atomic mass is 10.3. The van der Waals surface area contributed by atoms with Crippen LogP contribution in [0.4, 0.5) is 5.69 Å². The number of benzene rings is 1. The zero-order chi connectivity index (χ0) is 24.5. The summed E-state index contributed by atoms with van der Waals surface area (Å²) >= 11 is 0. The topological polar surface area (TPSA) is 155 Å². The Labute approximate surface area is 186 Å². The Balaban J connectivity index is 2.87. The highest BCUT2D eigenvalue weighted by Crippen LogP contribution is 2.39. The molecule has 0 aliphatic heterocycles. The van der Waals surface area contributed by atoms with Gasteiger partial charge in [0.2, 0.25) is 0 Å². The fraction of sp³-hybridized carbons (Fsp3) is 0.579. The Bertz CT molecular complexity index is 796. The van der Waals surface area contributed by atoms with Gasteiger partial charge in [-0.3, -0.25) is 28.8 Å². The van der Waals surface area contributed by atoms with Crippen LogP contribution in [-0.4, -0.2) is 47.9 Å². The van der Waals surface area contributed by atoms with Gasteiger partial charge in [-0.2, -0.15) is 0 Å². The van der Waals surface area contributed by atoms with Crippen LogP contribution < -0.4 is 14.9 Å².